The van der Waals surface area contributed by atoms with Crippen molar-refractivity contribution in [1.29, 1.82) is 0 Å². The third kappa shape index (κ3) is 3.95. The number of aryl methyl sites for hydroxylation is 1. The summed E-state index contributed by atoms with van der Waals surface area (Å²) in [5.41, 5.74) is 2.18. The van der Waals surface area contributed by atoms with Crippen molar-refractivity contribution >= 4 is 22.2 Å². The van der Waals surface area contributed by atoms with Crippen LogP contribution in [0.5, 0.6) is 0 Å². The van der Waals surface area contributed by atoms with Crippen LogP contribution in [0, 0.1) is 6.92 Å². The number of amides is 1. The summed E-state index contributed by atoms with van der Waals surface area (Å²) in [6.07, 6.45) is 5.17. The molecule has 4 rings (SSSR count). The van der Waals surface area contributed by atoms with Crippen molar-refractivity contribution < 1.29 is 13.9 Å². The number of rotatable bonds is 5. The summed E-state index contributed by atoms with van der Waals surface area (Å²) in [7, 11) is 0. The number of hydrogen-bond acceptors (Lipinski definition) is 6. The molecule has 0 bridgehead atoms. The summed E-state index contributed by atoms with van der Waals surface area (Å²) in [5, 5.41) is 3.87. The fourth-order valence-corrected chi connectivity index (χ4v) is 4.31. The molecule has 27 heavy (non-hydrogen) atoms. The molecular weight excluding hydrogens is 362 g/mol. The summed E-state index contributed by atoms with van der Waals surface area (Å²) in [4.78, 5) is 20.4. The highest BCUT2D eigenvalue weighted by Gasteiger charge is 2.28. The molecule has 0 saturated carbocycles. The maximum absolute atomic E-state index is 12.5. The van der Waals surface area contributed by atoms with Gasteiger partial charge in [-0.2, -0.15) is 0 Å². The van der Waals surface area contributed by atoms with Crippen LogP contribution < -0.4 is 5.32 Å². The van der Waals surface area contributed by atoms with Gasteiger partial charge in [0.05, 0.1) is 25.5 Å². The van der Waals surface area contributed by atoms with E-state index in [0.717, 1.165) is 34.1 Å². The first kappa shape index (κ1) is 17.9. The van der Waals surface area contributed by atoms with Gasteiger partial charge in [-0.15, -0.1) is 11.3 Å². The van der Waals surface area contributed by atoms with Crippen LogP contribution in [-0.4, -0.2) is 42.1 Å². The average Bonchev–Trinajstić information content (AvgIpc) is 3.34. The number of hydrogen-bond donors (Lipinski definition) is 1. The number of carbonyl (C=O) groups is 1. The Morgan fingerprint density at radius 1 is 1.30 bits per heavy atom. The molecule has 1 aliphatic heterocycles. The number of aromatic nitrogens is 1. The lowest BCUT2D eigenvalue weighted by atomic mass is 9.99. The first-order valence-electron chi connectivity index (χ1n) is 8.89. The molecule has 1 amide bonds. The summed E-state index contributed by atoms with van der Waals surface area (Å²) >= 11 is 1.58. The van der Waals surface area contributed by atoms with Crippen LogP contribution in [0.3, 0.4) is 0 Å². The average molecular weight is 383 g/mol. The molecule has 3 aromatic heterocycles. The van der Waals surface area contributed by atoms with E-state index in [1.165, 1.54) is 6.26 Å². The van der Waals surface area contributed by atoms with Gasteiger partial charge in [-0.1, -0.05) is 6.07 Å². The minimum absolute atomic E-state index is 0.0134. The van der Waals surface area contributed by atoms with Crippen molar-refractivity contribution in [3.8, 4) is 0 Å². The van der Waals surface area contributed by atoms with E-state index in [-0.39, 0.29) is 11.9 Å². The zero-order chi connectivity index (χ0) is 18.6. The molecule has 1 aliphatic rings. The third-order valence-electron chi connectivity index (χ3n) is 4.56. The van der Waals surface area contributed by atoms with Gasteiger partial charge in [-0.3, -0.25) is 14.7 Å². The van der Waals surface area contributed by atoms with Gasteiger partial charge >= 0.3 is 0 Å². The molecule has 0 aliphatic carbocycles. The lowest BCUT2D eigenvalue weighted by molar-refractivity contribution is 0.0240. The molecule has 1 fully saturated rings. The molecule has 1 saturated heterocycles. The Kier molecular flexibility index (Phi) is 5.33. The number of carbonyl (C=O) groups excluding carboxylic acids is 1. The largest absolute Gasteiger partial charge is 0.459 e. The van der Waals surface area contributed by atoms with Gasteiger partial charge in [-0.05, 0) is 36.8 Å². The van der Waals surface area contributed by atoms with Crippen molar-refractivity contribution in [1.82, 2.24) is 9.88 Å². The van der Waals surface area contributed by atoms with Crippen LogP contribution in [0.2, 0.25) is 0 Å². The number of ether oxygens (including phenoxy) is 1. The number of nitrogens with zero attached hydrogens (tertiary/aromatic N) is 2. The van der Waals surface area contributed by atoms with E-state index in [1.807, 2.05) is 12.3 Å². The molecule has 0 radical (unpaired) electrons. The van der Waals surface area contributed by atoms with Crippen LogP contribution >= 0.6 is 11.3 Å². The maximum atomic E-state index is 12.5. The van der Waals surface area contributed by atoms with Gasteiger partial charge in [0.1, 0.15) is 5.00 Å². The number of pyridine rings is 1. The van der Waals surface area contributed by atoms with Crippen LogP contribution in [0.4, 0.5) is 5.00 Å². The third-order valence-corrected chi connectivity index (χ3v) is 5.54. The van der Waals surface area contributed by atoms with Crippen molar-refractivity contribution in [2.75, 3.05) is 31.6 Å². The second-order valence-electron chi connectivity index (χ2n) is 6.41. The van der Waals surface area contributed by atoms with Gasteiger partial charge < -0.3 is 14.5 Å². The predicted octanol–water partition coefficient (Wildman–Crippen LogP) is 3.72. The fourth-order valence-electron chi connectivity index (χ4n) is 3.37. The molecule has 0 unspecified atom stereocenters. The highest BCUT2D eigenvalue weighted by Crippen LogP contribution is 2.39. The smallest absolute Gasteiger partial charge is 0.291 e. The quantitative estimate of drug-likeness (QED) is 0.727. The van der Waals surface area contributed by atoms with Gasteiger partial charge in [0.2, 0.25) is 0 Å². The molecule has 0 spiro atoms. The molecule has 6 nitrogen and oxygen atoms in total. The van der Waals surface area contributed by atoms with Crippen LogP contribution in [-0.2, 0) is 4.74 Å². The van der Waals surface area contributed by atoms with E-state index in [0.29, 0.717) is 19.0 Å². The number of anilines is 1. The van der Waals surface area contributed by atoms with Crippen LogP contribution in [0.1, 0.15) is 32.6 Å². The Balaban J connectivity index is 1.70. The summed E-state index contributed by atoms with van der Waals surface area (Å²) in [5.74, 6) is 0.0614. The second-order valence-corrected chi connectivity index (χ2v) is 7.67. The van der Waals surface area contributed by atoms with Gasteiger partial charge in [0.25, 0.3) is 5.91 Å². The molecule has 1 N–H and O–H groups in total. The Labute approximate surface area is 161 Å². The normalized spacial score (nSPS) is 16.2. The summed E-state index contributed by atoms with van der Waals surface area (Å²) in [6, 6.07) is 9.56. The SMILES string of the molecule is Cc1cc([C@H](c2cccnc2)N2CCOCC2)c(NC(=O)c2ccco2)s1. The lowest BCUT2D eigenvalue weighted by Crippen LogP contribution is -2.39. The van der Waals surface area contributed by atoms with Crippen molar-refractivity contribution in [3.05, 3.63) is 70.8 Å². The molecule has 1 atom stereocenters. The van der Waals surface area contributed by atoms with Crippen LogP contribution in [0.25, 0.3) is 0 Å². The van der Waals surface area contributed by atoms with E-state index >= 15 is 0 Å². The fraction of sp³-hybridized carbons (Fsp3) is 0.300. The highest BCUT2D eigenvalue weighted by molar-refractivity contribution is 7.16. The van der Waals surface area contributed by atoms with E-state index in [4.69, 9.17) is 9.15 Å². The lowest BCUT2D eigenvalue weighted by Gasteiger charge is -2.35. The topological polar surface area (TPSA) is 67.6 Å². The number of nitrogens with one attached hydrogen (secondary N) is 1. The van der Waals surface area contributed by atoms with E-state index in [1.54, 1.807) is 29.7 Å². The van der Waals surface area contributed by atoms with Crippen molar-refractivity contribution in [3.63, 3.8) is 0 Å². The zero-order valence-electron chi connectivity index (χ0n) is 15.1. The number of thiophene rings is 1. The Hall–Kier alpha value is -2.48. The van der Waals surface area contributed by atoms with E-state index in [9.17, 15) is 4.79 Å². The molecule has 140 valence electrons. The van der Waals surface area contributed by atoms with E-state index in [2.05, 4.69) is 34.3 Å². The molecule has 7 heteroatoms. The van der Waals surface area contributed by atoms with E-state index < -0.39 is 0 Å². The first-order chi connectivity index (χ1) is 13.2. The maximum Gasteiger partial charge on any atom is 0.291 e. The van der Waals surface area contributed by atoms with Crippen molar-refractivity contribution in [2.24, 2.45) is 0 Å². The molecular formula is C20H21N3O3S. The molecule has 3 aromatic rings. The number of morpholine rings is 1. The molecule has 4 heterocycles. The van der Waals surface area contributed by atoms with Crippen LogP contribution in [0.15, 0.2) is 53.4 Å². The second kappa shape index (κ2) is 8.04. The van der Waals surface area contributed by atoms with Crippen molar-refractivity contribution in [2.45, 2.75) is 13.0 Å². The van der Waals surface area contributed by atoms with Gasteiger partial charge in [-0.25, -0.2) is 0 Å². The molecule has 0 aromatic carbocycles. The summed E-state index contributed by atoms with van der Waals surface area (Å²) in [6.45, 7) is 5.12. The minimum Gasteiger partial charge on any atom is -0.459 e. The number of furan rings is 1. The monoisotopic (exact) mass is 383 g/mol. The summed E-state index contributed by atoms with van der Waals surface area (Å²) < 4.78 is 10.8. The Bertz CT molecular complexity index is 887. The Morgan fingerprint density at radius 3 is 2.85 bits per heavy atom. The Morgan fingerprint density at radius 2 is 2.15 bits per heavy atom. The standard InChI is InChI=1S/C20H21N3O3S/c1-14-12-16(20(27-14)22-19(24)17-5-3-9-26-17)18(15-4-2-6-21-13-15)23-7-10-25-11-8-23/h2-6,9,12-13,18H,7-8,10-11H2,1H3,(H,22,24)/t18-/m0/s1. The first-order valence-corrected chi connectivity index (χ1v) is 9.71. The van der Waals surface area contributed by atoms with Gasteiger partial charge in [0, 0.05) is 35.9 Å². The predicted molar refractivity (Wildman–Crippen MR) is 104 cm³/mol. The van der Waals surface area contributed by atoms with Gasteiger partial charge in [0.15, 0.2) is 5.76 Å². The minimum atomic E-state index is -0.241. The highest BCUT2D eigenvalue weighted by atomic mass is 32.1. The zero-order valence-corrected chi connectivity index (χ0v) is 15.9.